The van der Waals surface area contributed by atoms with Crippen LogP contribution in [0.4, 0.5) is 0 Å². The second kappa shape index (κ2) is 4.53. The van der Waals surface area contributed by atoms with Crippen LogP contribution in [0.3, 0.4) is 0 Å². The van der Waals surface area contributed by atoms with Crippen molar-refractivity contribution in [2.24, 2.45) is 0 Å². The molecule has 0 aliphatic carbocycles. The SMILES string of the molecule is CN1CCCC[C@H]1Cn1ccc2ccccc21. The topological polar surface area (TPSA) is 8.17 Å². The second-order valence-corrected chi connectivity index (χ2v) is 5.16. The van der Waals surface area contributed by atoms with Crippen LogP contribution in [0.2, 0.25) is 0 Å². The molecule has 2 nitrogen and oxygen atoms in total. The average Bonchev–Trinajstić information content (AvgIpc) is 2.76. The van der Waals surface area contributed by atoms with Gasteiger partial charge in [-0.25, -0.2) is 0 Å². The number of fused-ring (bicyclic) bond motifs is 1. The van der Waals surface area contributed by atoms with Crippen LogP contribution in [-0.4, -0.2) is 29.1 Å². The van der Waals surface area contributed by atoms with Crippen molar-refractivity contribution >= 4 is 10.9 Å². The number of hydrogen-bond donors (Lipinski definition) is 0. The summed E-state index contributed by atoms with van der Waals surface area (Å²) in [5.74, 6) is 0. The van der Waals surface area contributed by atoms with Crippen molar-refractivity contribution in [3.05, 3.63) is 36.5 Å². The van der Waals surface area contributed by atoms with Gasteiger partial charge in [0.05, 0.1) is 0 Å². The van der Waals surface area contributed by atoms with Gasteiger partial charge in [0.1, 0.15) is 0 Å². The fraction of sp³-hybridized carbons (Fsp3) is 0.467. The van der Waals surface area contributed by atoms with E-state index in [1.807, 2.05) is 0 Å². The Morgan fingerprint density at radius 3 is 2.94 bits per heavy atom. The van der Waals surface area contributed by atoms with Gasteiger partial charge in [0.15, 0.2) is 0 Å². The number of aromatic nitrogens is 1. The Labute approximate surface area is 103 Å². The molecule has 1 fully saturated rings. The maximum Gasteiger partial charge on any atom is 0.0480 e. The van der Waals surface area contributed by atoms with Crippen molar-refractivity contribution in [2.75, 3.05) is 13.6 Å². The lowest BCUT2D eigenvalue weighted by molar-refractivity contribution is 0.169. The molecule has 1 aliphatic heterocycles. The van der Waals surface area contributed by atoms with Crippen molar-refractivity contribution in [1.82, 2.24) is 9.47 Å². The first kappa shape index (κ1) is 10.8. The quantitative estimate of drug-likeness (QED) is 0.766. The maximum absolute atomic E-state index is 2.51. The smallest absolute Gasteiger partial charge is 0.0480 e. The van der Waals surface area contributed by atoms with Crippen molar-refractivity contribution in [1.29, 1.82) is 0 Å². The lowest BCUT2D eigenvalue weighted by Gasteiger charge is -2.32. The molecule has 0 amide bonds. The molecule has 1 aromatic heterocycles. The van der Waals surface area contributed by atoms with E-state index >= 15 is 0 Å². The molecule has 1 aromatic carbocycles. The van der Waals surface area contributed by atoms with E-state index in [0.717, 1.165) is 6.54 Å². The van der Waals surface area contributed by atoms with Crippen LogP contribution in [0.1, 0.15) is 19.3 Å². The normalized spacial score (nSPS) is 22.1. The Morgan fingerprint density at radius 1 is 1.18 bits per heavy atom. The van der Waals surface area contributed by atoms with E-state index in [-0.39, 0.29) is 0 Å². The van der Waals surface area contributed by atoms with Crippen LogP contribution >= 0.6 is 0 Å². The minimum Gasteiger partial charge on any atom is -0.346 e. The van der Waals surface area contributed by atoms with Crippen molar-refractivity contribution < 1.29 is 0 Å². The summed E-state index contributed by atoms with van der Waals surface area (Å²) in [5.41, 5.74) is 1.37. The van der Waals surface area contributed by atoms with E-state index in [4.69, 9.17) is 0 Å². The van der Waals surface area contributed by atoms with Gasteiger partial charge >= 0.3 is 0 Å². The van der Waals surface area contributed by atoms with Gasteiger partial charge in [-0.2, -0.15) is 0 Å². The number of nitrogens with zero attached hydrogens (tertiary/aromatic N) is 2. The molecule has 0 unspecified atom stereocenters. The maximum atomic E-state index is 2.51. The zero-order valence-electron chi connectivity index (χ0n) is 10.5. The number of piperidine rings is 1. The van der Waals surface area contributed by atoms with Crippen LogP contribution in [0.15, 0.2) is 36.5 Å². The molecule has 0 N–H and O–H groups in total. The minimum atomic E-state index is 0.708. The van der Waals surface area contributed by atoms with Crippen LogP contribution in [0.5, 0.6) is 0 Å². The van der Waals surface area contributed by atoms with Gasteiger partial charge in [0, 0.05) is 24.3 Å². The second-order valence-electron chi connectivity index (χ2n) is 5.16. The van der Waals surface area contributed by atoms with Gasteiger partial charge in [-0.3, -0.25) is 0 Å². The lowest BCUT2D eigenvalue weighted by atomic mass is 10.0. The minimum absolute atomic E-state index is 0.708. The van der Waals surface area contributed by atoms with E-state index < -0.39 is 0 Å². The van der Waals surface area contributed by atoms with E-state index in [9.17, 15) is 0 Å². The standard InChI is InChI=1S/C15H20N2/c1-16-10-5-4-7-14(16)12-17-11-9-13-6-2-3-8-15(13)17/h2-3,6,8-9,11,14H,4-5,7,10,12H2,1H3/t14-/m0/s1. The van der Waals surface area contributed by atoms with Crippen molar-refractivity contribution in [2.45, 2.75) is 31.8 Å². The Kier molecular flexibility index (Phi) is 2.89. The molecule has 17 heavy (non-hydrogen) atoms. The summed E-state index contributed by atoms with van der Waals surface area (Å²) in [4.78, 5) is 2.51. The van der Waals surface area contributed by atoms with Crippen LogP contribution in [0, 0.1) is 0 Å². The third-order valence-electron chi connectivity index (χ3n) is 4.01. The van der Waals surface area contributed by atoms with Gasteiger partial charge in [0.2, 0.25) is 0 Å². The van der Waals surface area contributed by atoms with Crippen molar-refractivity contribution in [3.8, 4) is 0 Å². The first-order valence-corrected chi connectivity index (χ1v) is 6.59. The number of rotatable bonds is 2. The summed E-state index contributed by atoms with van der Waals surface area (Å²) >= 11 is 0. The molecular weight excluding hydrogens is 208 g/mol. The predicted molar refractivity (Wildman–Crippen MR) is 72.2 cm³/mol. The van der Waals surface area contributed by atoms with Gasteiger partial charge in [-0.1, -0.05) is 24.6 Å². The monoisotopic (exact) mass is 228 g/mol. The average molecular weight is 228 g/mol. The molecule has 90 valence electrons. The Bertz CT molecular complexity index is 500. The molecule has 1 aliphatic rings. The first-order chi connectivity index (χ1) is 8.34. The summed E-state index contributed by atoms with van der Waals surface area (Å²) in [7, 11) is 2.26. The largest absolute Gasteiger partial charge is 0.346 e. The zero-order valence-corrected chi connectivity index (χ0v) is 10.5. The highest BCUT2D eigenvalue weighted by molar-refractivity contribution is 5.79. The van der Waals surface area contributed by atoms with Gasteiger partial charge in [0.25, 0.3) is 0 Å². The molecule has 1 saturated heterocycles. The summed E-state index contributed by atoms with van der Waals surface area (Å²) in [6, 6.07) is 11.6. The molecule has 3 rings (SSSR count). The number of likely N-dealkylation sites (tertiary alicyclic amines) is 1. The summed E-state index contributed by atoms with van der Waals surface area (Å²) in [5, 5.41) is 1.35. The number of para-hydroxylation sites is 1. The molecule has 2 heteroatoms. The van der Waals surface area contributed by atoms with E-state index in [1.165, 1.54) is 36.7 Å². The van der Waals surface area contributed by atoms with Crippen LogP contribution in [-0.2, 0) is 6.54 Å². The molecule has 1 atom stereocenters. The highest BCUT2D eigenvalue weighted by Gasteiger charge is 2.19. The van der Waals surface area contributed by atoms with Gasteiger partial charge in [-0.05, 0) is 44.0 Å². The van der Waals surface area contributed by atoms with E-state index in [1.54, 1.807) is 0 Å². The van der Waals surface area contributed by atoms with Crippen molar-refractivity contribution in [3.63, 3.8) is 0 Å². The fourth-order valence-electron chi connectivity index (χ4n) is 2.90. The van der Waals surface area contributed by atoms with Crippen LogP contribution in [0.25, 0.3) is 10.9 Å². The summed E-state index contributed by atoms with van der Waals surface area (Å²) < 4.78 is 2.40. The van der Waals surface area contributed by atoms with Gasteiger partial charge in [-0.15, -0.1) is 0 Å². The molecule has 0 radical (unpaired) electrons. The predicted octanol–water partition coefficient (Wildman–Crippen LogP) is 3.13. The molecule has 0 saturated carbocycles. The van der Waals surface area contributed by atoms with Gasteiger partial charge < -0.3 is 9.47 Å². The van der Waals surface area contributed by atoms with E-state index in [0.29, 0.717) is 6.04 Å². The Morgan fingerprint density at radius 2 is 2.06 bits per heavy atom. The van der Waals surface area contributed by atoms with Crippen LogP contribution < -0.4 is 0 Å². The molecular formula is C15H20N2. The number of hydrogen-bond acceptors (Lipinski definition) is 1. The number of likely N-dealkylation sites (N-methyl/N-ethyl adjacent to an activating group) is 1. The number of benzene rings is 1. The molecule has 2 aromatic rings. The Hall–Kier alpha value is -1.28. The Balaban J connectivity index is 1.84. The zero-order chi connectivity index (χ0) is 11.7. The summed E-state index contributed by atoms with van der Waals surface area (Å²) in [6.45, 7) is 2.38. The highest BCUT2D eigenvalue weighted by atomic mass is 15.2. The molecule has 2 heterocycles. The molecule has 0 bridgehead atoms. The fourth-order valence-corrected chi connectivity index (χ4v) is 2.90. The molecule has 0 spiro atoms. The van der Waals surface area contributed by atoms with E-state index in [2.05, 4.69) is 53.0 Å². The third-order valence-corrected chi connectivity index (χ3v) is 4.01. The first-order valence-electron chi connectivity index (χ1n) is 6.59. The third kappa shape index (κ3) is 2.09. The highest BCUT2D eigenvalue weighted by Crippen LogP contribution is 2.20. The lowest BCUT2D eigenvalue weighted by Crippen LogP contribution is -2.38. The summed E-state index contributed by atoms with van der Waals surface area (Å²) in [6.07, 6.45) is 6.31.